The van der Waals surface area contributed by atoms with E-state index < -0.39 is 18.1 Å². The van der Waals surface area contributed by atoms with Gasteiger partial charge >= 0.3 is 5.97 Å². The molecule has 1 aliphatic heterocycles. The van der Waals surface area contributed by atoms with E-state index in [4.69, 9.17) is 5.73 Å². The molecule has 4 N–H and O–H groups in total. The molecule has 2 aromatic rings. The van der Waals surface area contributed by atoms with Gasteiger partial charge in [0.15, 0.2) is 0 Å². The Bertz CT molecular complexity index is 887. The fourth-order valence-corrected chi connectivity index (χ4v) is 3.89. The van der Waals surface area contributed by atoms with Crippen LogP contribution in [0, 0.1) is 5.92 Å². The summed E-state index contributed by atoms with van der Waals surface area (Å²) in [7, 11) is 0. The number of carboxylic acids is 1. The lowest BCUT2D eigenvalue weighted by Gasteiger charge is -2.33. The van der Waals surface area contributed by atoms with E-state index in [-0.39, 0.29) is 36.6 Å². The van der Waals surface area contributed by atoms with E-state index in [0.29, 0.717) is 32.4 Å². The number of rotatable bonds is 8. The third-order valence-electron chi connectivity index (χ3n) is 5.69. The lowest BCUT2D eigenvalue weighted by molar-refractivity contribution is -0.143. The van der Waals surface area contributed by atoms with Gasteiger partial charge in [-0.3, -0.25) is 9.59 Å². The SMILES string of the molecule is Cl.NC(Cc1ccccc1)C(=O)N1CCC(C(=O)NC(Cc2ccccc2)C(=O)O)CC1. The molecule has 2 atom stereocenters. The number of carbonyl (C=O) groups excluding carboxylic acids is 2. The number of hydrogen-bond acceptors (Lipinski definition) is 4. The number of likely N-dealkylation sites (tertiary alicyclic amines) is 1. The number of halogens is 1. The molecular weight excluding hydrogens is 430 g/mol. The van der Waals surface area contributed by atoms with Gasteiger partial charge in [0.1, 0.15) is 6.04 Å². The van der Waals surface area contributed by atoms with Crippen molar-refractivity contribution in [3.63, 3.8) is 0 Å². The Hall–Kier alpha value is -2.90. The second kappa shape index (κ2) is 12.2. The first-order valence-electron chi connectivity index (χ1n) is 10.6. The smallest absolute Gasteiger partial charge is 0.326 e. The first-order valence-corrected chi connectivity index (χ1v) is 10.6. The molecule has 0 aliphatic carbocycles. The van der Waals surface area contributed by atoms with Crippen molar-refractivity contribution < 1.29 is 19.5 Å². The van der Waals surface area contributed by atoms with E-state index in [9.17, 15) is 19.5 Å². The first-order chi connectivity index (χ1) is 14.9. The Morgan fingerprint density at radius 2 is 1.44 bits per heavy atom. The number of nitrogens with zero attached hydrogens (tertiary/aromatic N) is 1. The van der Waals surface area contributed by atoms with Crippen LogP contribution in [-0.2, 0) is 27.2 Å². The highest BCUT2D eigenvalue weighted by atomic mass is 35.5. The van der Waals surface area contributed by atoms with Crippen molar-refractivity contribution in [2.24, 2.45) is 11.7 Å². The highest BCUT2D eigenvalue weighted by Crippen LogP contribution is 2.19. The summed E-state index contributed by atoms with van der Waals surface area (Å²) in [6.45, 7) is 0.881. The van der Waals surface area contributed by atoms with Crippen LogP contribution in [0.5, 0.6) is 0 Å². The molecule has 32 heavy (non-hydrogen) atoms. The van der Waals surface area contributed by atoms with Crippen molar-refractivity contribution in [2.45, 2.75) is 37.8 Å². The van der Waals surface area contributed by atoms with Crippen molar-refractivity contribution in [1.82, 2.24) is 10.2 Å². The van der Waals surface area contributed by atoms with Gasteiger partial charge in [-0.25, -0.2) is 4.79 Å². The molecule has 0 bridgehead atoms. The van der Waals surface area contributed by atoms with Crippen LogP contribution in [0.4, 0.5) is 0 Å². The van der Waals surface area contributed by atoms with E-state index in [2.05, 4.69) is 5.32 Å². The van der Waals surface area contributed by atoms with Crippen LogP contribution in [0.1, 0.15) is 24.0 Å². The maximum Gasteiger partial charge on any atom is 0.326 e. The van der Waals surface area contributed by atoms with Crippen LogP contribution in [0.2, 0.25) is 0 Å². The fraction of sp³-hybridized carbons (Fsp3) is 0.375. The minimum atomic E-state index is -1.06. The molecule has 172 valence electrons. The van der Waals surface area contributed by atoms with Gasteiger partial charge in [-0.15, -0.1) is 12.4 Å². The van der Waals surface area contributed by atoms with Crippen LogP contribution in [0.25, 0.3) is 0 Å². The maximum atomic E-state index is 12.7. The fourth-order valence-electron chi connectivity index (χ4n) is 3.89. The van der Waals surface area contributed by atoms with Crippen molar-refractivity contribution in [2.75, 3.05) is 13.1 Å². The first kappa shape index (κ1) is 25.4. The Morgan fingerprint density at radius 3 is 1.94 bits per heavy atom. The summed E-state index contributed by atoms with van der Waals surface area (Å²) < 4.78 is 0. The third kappa shape index (κ3) is 7.07. The van der Waals surface area contributed by atoms with E-state index in [1.165, 1.54) is 0 Å². The molecular formula is C24H30ClN3O4. The van der Waals surface area contributed by atoms with Gasteiger partial charge < -0.3 is 21.1 Å². The topological polar surface area (TPSA) is 113 Å². The van der Waals surface area contributed by atoms with E-state index in [0.717, 1.165) is 11.1 Å². The van der Waals surface area contributed by atoms with Gasteiger partial charge in [0.25, 0.3) is 0 Å². The van der Waals surface area contributed by atoms with Crippen molar-refractivity contribution in [1.29, 1.82) is 0 Å². The van der Waals surface area contributed by atoms with Crippen LogP contribution < -0.4 is 11.1 Å². The van der Waals surface area contributed by atoms with Crippen molar-refractivity contribution in [3.8, 4) is 0 Å². The van der Waals surface area contributed by atoms with Crippen LogP contribution in [0.15, 0.2) is 60.7 Å². The largest absolute Gasteiger partial charge is 0.480 e. The minimum Gasteiger partial charge on any atom is -0.480 e. The number of amides is 2. The molecule has 7 nitrogen and oxygen atoms in total. The number of benzene rings is 2. The highest BCUT2D eigenvalue weighted by Gasteiger charge is 2.31. The van der Waals surface area contributed by atoms with Gasteiger partial charge in [0, 0.05) is 25.4 Å². The molecule has 8 heteroatoms. The zero-order valence-electron chi connectivity index (χ0n) is 17.9. The summed E-state index contributed by atoms with van der Waals surface area (Å²) in [4.78, 5) is 38.6. The van der Waals surface area contributed by atoms with E-state index in [1.807, 2.05) is 60.7 Å². The molecule has 2 amide bonds. The van der Waals surface area contributed by atoms with Crippen LogP contribution >= 0.6 is 12.4 Å². The Balaban J connectivity index is 0.00000363. The van der Waals surface area contributed by atoms with Gasteiger partial charge in [0.2, 0.25) is 11.8 Å². The molecule has 3 rings (SSSR count). The van der Waals surface area contributed by atoms with Crippen molar-refractivity contribution in [3.05, 3.63) is 71.8 Å². The van der Waals surface area contributed by atoms with E-state index >= 15 is 0 Å². The molecule has 1 fully saturated rings. The lowest BCUT2D eigenvalue weighted by Crippen LogP contribution is -2.51. The molecule has 1 aliphatic rings. The Morgan fingerprint density at radius 1 is 0.938 bits per heavy atom. The zero-order valence-corrected chi connectivity index (χ0v) is 18.7. The van der Waals surface area contributed by atoms with Gasteiger partial charge in [-0.2, -0.15) is 0 Å². The summed E-state index contributed by atoms with van der Waals surface area (Å²) in [5.41, 5.74) is 7.97. The lowest BCUT2D eigenvalue weighted by atomic mass is 9.94. The molecule has 2 aromatic carbocycles. The van der Waals surface area contributed by atoms with Crippen molar-refractivity contribution >= 4 is 30.2 Å². The quantitative estimate of drug-likeness (QED) is 0.559. The molecule has 0 saturated carbocycles. The third-order valence-corrected chi connectivity index (χ3v) is 5.69. The summed E-state index contributed by atoms with van der Waals surface area (Å²) in [6, 6.07) is 17.3. The predicted octanol–water partition coefficient (Wildman–Crippen LogP) is 2.03. The molecule has 2 unspecified atom stereocenters. The van der Waals surface area contributed by atoms with Gasteiger partial charge in [0.05, 0.1) is 6.04 Å². The Kier molecular flexibility index (Phi) is 9.68. The molecule has 0 aromatic heterocycles. The molecule has 0 radical (unpaired) electrons. The molecule has 1 heterocycles. The summed E-state index contributed by atoms with van der Waals surface area (Å²) in [5, 5.41) is 12.2. The monoisotopic (exact) mass is 459 g/mol. The average molecular weight is 460 g/mol. The second-order valence-electron chi connectivity index (χ2n) is 7.98. The maximum absolute atomic E-state index is 12.7. The average Bonchev–Trinajstić information content (AvgIpc) is 2.79. The number of nitrogens with two attached hydrogens (primary N) is 1. The normalized spacial score (nSPS) is 15.8. The predicted molar refractivity (Wildman–Crippen MR) is 124 cm³/mol. The Labute approximate surface area is 194 Å². The minimum absolute atomic E-state index is 0. The van der Waals surface area contributed by atoms with Gasteiger partial charge in [-0.05, 0) is 30.4 Å². The zero-order chi connectivity index (χ0) is 22.2. The number of piperidine rings is 1. The van der Waals surface area contributed by atoms with Crippen LogP contribution in [0.3, 0.4) is 0 Å². The number of nitrogens with one attached hydrogen (secondary N) is 1. The number of carboxylic acid groups (broad SMARTS) is 1. The standard InChI is InChI=1S/C24H29N3O4.ClH/c25-20(15-17-7-3-1-4-8-17)23(29)27-13-11-19(12-14-27)22(28)26-21(24(30)31)16-18-9-5-2-6-10-18;/h1-10,19-21H,11-16,25H2,(H,26,28)(H,30,31);1H. The molecule has 1 saturated heterocycles. The van der Waals surface area contributed by atoms with E-state index in [1.54, 1.807) is 4.90 Å². The second-order valence-corrected chi connectivity index (χ2v) is 7.98. The summed E-state index contributed by atoms with van der Waals surface area (Å²) in [5.74, 6) is -1.76. The highest BCUT2D eigenvalue weighted by molar-refractivity contribution is 5.86. The van der Waals surface area contributed by atoms with Crippen LogP contribution in [-0.4, -0.2) is 53.0 Å². The number of carbonyl (C=O) groups is 3. The summed E-state index contributed by atoms with van der Waals surface area (Å²) >= 11 is 0. The number of aliphatic carboxylic acids is 1. The molecule has 0 spiro atoms. The number of hydrogen-bond donors (Lipinski definition) is 3. The summed E-state index contributed by atoms with van der Waals surface area (Å²) in [6.07, 6.45) is 1.69. The van der Waals surface area contributed by atoms with Gasteiger partial charge in [-0.1, -0.05) is 60.7 Å².